The van der Waals surface area contributed by atoms with Crippen LogP contribution in [0.15, 0.2) is 0 Å². The Kier molecular flexibility index (Phi) is 11.0. The van der Waals surface area contributed by atoms with Crippen molar-refractivity contribution in [3.05, 3.63) is 0 Å². The average molecular weight is 476 g/mol. The van der Waals surface area contributed by atoms with Gasteiger partial charge >= 0.3 is 13.8 Å². The average Bonchev–Trinajstić information content (AvgIpc) is 3.34. The molecule has 2 fully saturated rings. The van der Waals surface area contributed by atoms with Crippen LogP contribution in [0.4, 0.5) is 0 Å². The Morgan fingerprint density at radius 3 is 2.50 bits per heavy atom. The van der Waals surface area contributed by atoms with Gasteiger partial charge in [-0.25, -0.2) is 4.57 Å². The topological polar surface area (TPSA) is 142 Å². The molecule has 2 aliphatic heterocycles. The number of amides is 1. The highest BCUT2D eigenvalue weighted by molar-refractivity contribution is 7.48. The second-order valence-electron chi connectivity index (χ2n) is 7.67. The molecule has 182 valence electrons. The highest BCUT2D eigenvalue weighted by Gasteiger charge is 2.58. The predicted octanol–water partition coefficient (Wildman–Crippen LogP) is 2.10. The lowest BCUT2D eigenvalue weighted by Gasteiger charge is -2.30. The summed E-state index contributed by atoms with van der Waals surface area (Å²) in [5.41, 5.74) is 0. The van der Waals surface area contributed by atoms with Gasteiger partial charge < -0.3 is 19.5 Å². The van der Waals surface area contributed by atoms with E-state index in [1.165, 1.54) is 14.0 Å². The van der Waals surface area contributed by atoms with Crippen molar-refractivity contribution < 1.29 is 41.9 Å². The normalized spacial score (nSPS) is 28.1. The van der Waals surface area contributed by atoms with Crippen molar-refractivity contribution in [1.29, 1.82) is 5.26 Å². The first kappa shape index (κ1) is 26.7. The van der Waals surface area contributed by atoms with Gasteiger partial charge in [-0.15, -0.1) is 0 Å². The Morgan fingerprint density at radius 2 is 1.84 bits per heavy atom. The van der Waals surface area contributed by atoms with Crippen LogP contribution in [-0.2, 0) is 41.9 Å². The summed E-state index contributed by atoms with van der Waals surface area (Å²) in [5.74, 6) is -0.900. The Morgan fingerprint density at radius 1 is 1.12 bits per heavy atom. The SMILES string of the molecule is COC1C2CC(C(=O)NCCCCCCOP(=O)(OC)OCCC#N)[C@H](O2)[C@H]1OC(C)=O. The second-order valence-corrected chi connectivity index (χ2v) is 9.44. The monoisotopic (exact) mass is 476 g/mol. The number of unbranched alkanes of at least 4 members (excludes halogenated alkanes) is 3. The minimum absolute atomic E-state index is 0.0112. The van der Waals surface area contributed by atoms with Gasteiger partial charge in [0.1, 0.15) is 12.2 Å². The minimum atomic E-state index is -3.60. The number of hydrogen-bond donors (Lipinski definition) is 1. The third-order valence-electron chi connectivity index (χ3n) is 5.45. The van der Waals surface area contributed by atoms with Crippen molar-refractivity contribution >= 4 is 19.7 Å². The van der Waals surface area contributed by atoms with Crippen molar-refractivity contribution in [2.45, 2.75) is 69.9 Å². The predicted molar refractivity (Wildman–Crippen MR) is 111 cm³/mol. The standard InChI is InChI=1S/C20H33N2O9P/c1-14(23)30-19-17-15(13-16(31-17)18(19)26-2)20(24)22-10-6-4-5-7-11-28-32(25,27-3)29-12-8-9-21/h15-19H,4-8,10-13H2,1-3H3,(H,22,24)/t15?,16?,17-,18?,19+,32?/m0/s1. The van der Waals surface area contributed by atoms with Crippen LogP contribution in [0.2, 0.25) is 0 Å². The summed E-state index contributed by atoms with van der Waals surface area (Å²) in [7, 11) is -0.824. The van der Waals surface area contributed by atoms with E-state index >= 15 is 0 Å². The Bertz CT molecular complexity index is 714. The van der Waals surface area contributed by atoms with Crippen LogP contribution >= 0.6 is 7.82 Å². The highest BCUT2D eigenvalue weighted by Crippen LogP contribution is 2.48. The highest BCUT2D eigenvalue weighted by atomic mass is 31.2. The zero-order valence-corrected chi connectivity index (χ0v) is 19.7. The number of nitrogens with zero attached hydrogens (tertiary/aromatic N) is 1. The quantitative estimate of drug-likeness (QED) is 0.212. The zero-order valence-electron chi connectivity index (χ0n) is 18.8. The lowest BCUT2D eigenvalue weighted by atomic mass is 9.84. The van der Waals surface area contributed by atoms with Crippen LogP contribution in [0.25, 0.3) is 0 Å². The molecule has 1 N–H and O–H groups in total. The number of carbonyl (C=O) groups is 2. The summed E-state index contributed by atoms with van der Waals surface area (Å²) in [6.45, 7) is 2.05. The van der Waals surface area contributed by atoms with E-state index in [9.17, 15) is 14.2 Å². The molecule has 0 saturated carbocycles. The van der Waals surface area contributed by atoms with Crippen LogP contribution in [0.5, 0.6) is 0 Å². The number of phosphoric ester groups is 1. The van der Waals surface area contributed by atoms with E-state index in [1.54, 1.807) is 7.11 Å². The summed E-state index contributed by atoms with van der Waals surface area (Å²) >= 11 is 0. The molecule has 2 rings (SSSR count). The Balaban J connectivity index is 1.60. The number of esters is 1. The van der Waals surface area contributed by atoms with Crippen LogP contribution < -0.4 is 5.32 Å². The van der Waals surface area contributed by atoms with E-state index in [0.29, 0.717) is 19.4 Å². The van der Waals surface area contributed by atoms with Crippen LogP contribution in [0, 0.1) is 17.2 Å². The summed E-state index contributed by atoms with van der Waals surface area (Å²) < 4.78 is 43.6. The van der Waals surface area contributed by atoms with Gasteiger partial charge in [0.15, 0.2) is 6.10 Å². The lowest BCUT2D eigenvalue weighted by molar-refractivity contribution is -0.158. The Labute approximate surface area is 188 Å². The molecule has 6 atom stereocenters. The van der Waals surface area contributed by atoms with Gasteiger partial charge in [-0.05, 0) is 19.3 Å². The van der Waals surface area contributed by atoms with Gasteiger partial charge in [0.25, 0.3) is 0 Å². The van der Waals surface area contributed by atoms with E-state index < -0.39 is 26.0 Å². The number of rotatable bonds is 15. The molecule has 0 aromatic carbocycles. The maximum absolute atomic E-state index is 12.6. The molecule has 4 unspecified atom stereocenters. The van der Waals surface area contributed by atoms with E-state index in [0.717, 1.165) is 19.3 Å². The van der Waals surface area contributed by atoms with E-state index in [4.69, 9.17) is 33.0 Å². The molecule has 0 aromatic heterocycles. The van der Waals surface area contributed by atoms with Gasteiger partial charge in [-0.1, -0.05) is 12.8 Å². The van der Waals surface area contributed by atoms with Crippen molar-refractivity contribution in [3.63, 3.8) is 0 Å². The van der Waals surface area contributed by atoms with Gasteiger partial charge in [0.2, 0.25) is 5.91 Å². The third kappa shape index (κ3) is 7.51. The van der Waals surface area contributed by atoms with Crippen LogP contribution in [-0.4, -0.2) is 70.3 Å². The lowest BCUT2D eigenvalue weighted by Crippen LogP contribution is -2.49. The van der Waals surface area contributed by atoms with Crippen LogP contribution in [0.3, 0.4) is 0 Å². The number of methoxy groups -OCH3 is 1. The first-order valence-corrected chi connectivity index (χ1v) is 12.3. The fraction of sp³-hybridized carbons (Fsp3) is 0.850. The first-order valence-electron chi connectivity index (χ1n) is 10.8. The van der Waals surface area contributed by atoms with Crippen molar-refractivity contribution in [2.75, 3.05) is 34.0 Å². The third-order valence-corrected chi connectivity index (χ3v) is 6.89. The maximum Gasteiger partial charge on any atom is 0.474 e. The zero-order chi connectivity index (χ0) is 23.6. The van der Waals surface area contributed by atoms with Crippen molar-refractivity contribution in [2.24, 2.45) is 5.92 Å². The molecular formula is C20H33N2O9P. The number of phosphoric acid groups is 1. The Hall–Kier alpha value is -1.54. The number of hydrogen-bond acceptors (Lipinski definition) is 10. The molecular weight excluding hydrogens is 443 g/mol. The second kappa shape index (κ2) is 13.2. The largest absolute Gasteiger partial charge is 0.474 e. The summed E-state index contributed by atoms with van der Waals surface area (Å²) in [6.07, 6.45) is 2.10. The van der Waals surface area contributed by atoms with Gasteiger partial charge in [-0.3, -0.25) is 23.2 Å². The molecule has 0 radical (unpaired) electrons. The molecule has 12 heteroatoms. The number of fused-ring (bicyclic) bond motifs is 2. The van der Waals surface area contributed by atoms with E-state index in [2.05, 4.69) is 5.32 Å². The number of nitrogens with one attached hydrogen (secondary N) is 1. The van der Waals surface area contributed by atoms with E-state index in [-0.39, 0.29) is 43.7 Å². The molecule has 0 spiro atoms. The van der Waals surface area contributed by atoms with Crippen LogP contribution in [0.1, 0.15) is 45.4 Å². The number of nitriles is 1. The fourth-order valence-corrected chi connectivity index (χ4v) is 4.92. The molecule has 2 bridgehead atoms. The summed E-state index contributed by atoms with van der Waals surface area (Å²) in [5, 5.41) is 11.4. The maximum atomic E-state index is 12.6. The number of ether oxygens (including phenoxy) is 3. The first-order chi connectivity index (χ1) is 15.3. The number of carbonyl (C=O) groups excluding carboxylic acids is 2. The summed E-state index contributed by atoms with van der Waals surface area (Å²) in [4.78, 5) is 24.0. The molecule has 11 nitrogen and oxygen atoms in total. The van der Waals surface area contributed by atoms with Gasteiger partial charge in [0.05, 0.1) is 37.7 Å². The molecule has 2 aliphatic rings. The molecule has 0 aromatic rings. The van der Waals surface area contributed by atoms with Crippen molar-refractivity contribution in [3.8, 4) is 6.07 Å². The summed E-state index contributed by atoms with van der Waals surface area (Å²) in [6, 6.07) is 1.89. The van der Waals surface area contributed by atoms with E-state index in [1.807, 2.05) is 6.07 Å². The smallest absolute Gasteiger partial charge is 0.457 e. The molecule has 1 amide bonds. The molecule has 32 heavy (non-hydrogen) atoms. The van der Waals surface area contributed by atoms with Gasteiger partial charge in [0, 0.05) is 27.7 Å². The molecule has 2 heterocycles. The molecule has 0 aliphatic carbocycles. The van der Waals surface area contributed by atoms with Crippen molar-refractivity contribution in [1.82, 2.24) is 5.32 Å². The van der Waals surface area contributed by atoms with Gasteiger partial charge in [-0.2, -0.15) is 5.26 Å². The molecule has 2 saturated heterocycles. The fourth-order valence-electron chi connectivity index (χ4n) is 3.97. The minimum Gasteiger partial charge on any atom is -0.457 e.